The van der Waals surface area contributed by atoms with Gasteiger partial charge in [0.15, 0.2) is 0 Å². The summed E-state index contributed by atoms with van der Waals surface area (Å²) in [5.74, 6) is 0. The zero-order valence-electron chi connectivity index (χ0n) is 13.1. The highest BCUT2D eigenvalue weighted by Gasteiger charge is 2.46. The Balaban J connectivity index is 1.89. The minimum absolute atomic E-state index is 0.00783. The highest BCUT2D eigenvalue weighted by atomic mass is 31.2. The van der Waals surface area contributed by atoms with E-state index in [9.17, 15) is 19.7 Å². The molecule has 0 aromatic rings. The van der Waals surface area contributed by atoms with Crippen molar-refractivity contribution >= 4 is 30.6 Å². The van der Waals surface area contributed by atoms with Gasteiger partial charge in [0.1, 0.15) is 32.3 Å². The molecule has 2 heterocycles. The summed E-state index contributed by atoms with van der Waals surface area (Å²) in [6.07, 6.45) is -4.78. The molecule has 0 spiro atoms. The second kappa shape index (κ2) is 8.66. The van der Waals surface area contributed by atoms with Crippen LogP contribution < -0.4 is 0 Å². The van der Waals surface area contributed by atoms with Crippen LogP contribution in [0.1, 0.15) is 6.42 Å². The molecule has 2 fully saturated rings. The Hall–Kier alpha value is 0.105. The predicted molar refractivity (Wildman–Crippen MR) is 83.7 cm³/mol. The second-order valence-electron chi connectivity index (χ2n) is 5.63. The van der Waals surface area contributed by atoms with Crippen LogP contribution in [0.15, 0.2) is 0 Å². The smallest absolute Gasteiger partial charge is 0.390 e. The maximum atomic E-state index is 12.1. The maximum absolute atomic E-state index is 12.1. The number of methoxy groups -OCH3 is 1. The number of rotatable bonds is 8. The summed E-state index contributed by atoms with van der Waals surface area (Å²) in [6.45, 7) is -0.377. The Labute approximate surface area is 143 Å². The Kier molecular flexibility index (Phi) is 7.37. The summed E-state index contributed by atoms with van der Waals surface area (Å²) in [4.78, 5) is 9.83. The number of aliphatic hydroxyl groups is 2. The van der Waals surface area contributed by atoms with Gasteiger partial charge in [0.2, 0.25) is 0 Å². The number of phosphoric ester groups is 1. The van der Waals surface area contributed by atoms with E-state index in [-0.39, 0.29) is 19.6 Å². The van der Waals surface area contributed by atoms with Crippen LogP contribution in [0.2, 0.25) is 0 Å². The SMILES string of the molecule is [B][B][C@H]1C[C@@H](O)[C@@H](COP(=O)(O)O[C@@H]2C(O)[C@H]([B])O[C@@H]2COC)O1. The van der Waals surface area contributed by atoms with Crippen molar-refractivity contribution in [3.05, 3.63) is 0 Å². The number of aliphatic hydroxyl groups excluding tert-OH is 2. The van der Waals surface area contributed by atoms with Crippen molar-refractivity contribution in [1.82, 2.24) is 0 Å². The molecule has 2 aliphatic rings. The molecule has 5 radical (unpaired) electrons. The molecule has 2 saturated heterocycles. The van der Waals surface area contributed by atoms with E-state index in [2.05, 4.69) is 0 Å². The Morgan fingerprint density at radius 2 is 2.00 bits per heavy atom. The number of phosphoric acid groups is 1. The molecule has 24 heavy (non-hydrogen) atoms. The van der Waals surface area contributed by atoms with Crippen LogP contribution in [-0.2, 0) is 27.8 Å². The van der Waals surface area contributed by atoms with Crippen molar-refractivity contribution in [3.63, 3.8) is 0 Å². The monoisotopic (exact) mass is 359 g/mol. The van der Waals surface area contributed by atoms with Gasteiger partial charge in [-0.3, -0.25) is 9.05 Å². The van der Waals surface area contributed by atoms with Crippen LogP contribution in [0, 0.1) is 0 Å². The minimum Gasteiger partial charge on any atom is -0.390 e. The Bertz CT molecular complexity index is 458. The molecule has 3 N–H and O–H groups in total. The molecule has 0 aromatic heterocycles. The summed E-state index contributed by atoms with van der Waals surface area (Å²) in [5.41, 5.74) is 0. The number of hydrogen-bond donors (Lipinski definition) is 3. The fraction of sp³-hybridized carbons (Fsp3) is 1.00. The van der Waals surface area contributed by atoms with E-state index in [4.69, 9.17) is 38.8 Å². The molecule has 131 valence electrons. The molecular formula is C11H19B3O9P. The first-order chi connectivity index (χ1) is 11.3. The summed E-state index contributed by atoms with van der Waals surface area (Å²) in [7, 11) is 8.99. The fourth-order valence-electron chi connectivity index (χ4n) is 2.58. The third-order valence-corrected chi connectivity index (χ3v) is 4.81. The van der Waals surface area contributed by atoms with Gasteiger partial charge in [-0.15, -0.1) is 0 Å². The summed E-state index contributed by atoms with van der Waals surface area (Å²) in [5, 5.41) is 19.7. The topological polar surface area (TPSA) is 124 Å². The molecule has 2 unspecified atom stereocenters. The van der Waals surface area contributed by atoms with Crippen molar-refractivity contribution in [1.29, 1.82) is 0 Å². The first kappa shape index (κ1) is 20.4. The third-order valence-electron chi connectivity index (χ3n) is 3.83. The van der Waals surface area contributed by atoms with E-state index in [0.717, 1.165) is 0 Å². The lowest BCUT2D eigenvalue weighted by Crippen LogP contribution is -2.37. The average Bonchev–Trinajstić information content (AvgIpc) is 3.01. The lowest BCUT2D eigenvalue weighted by molar-refractivity contribution is -0.0363. The fourth-order valence-corrected chi connectivity index (χ4v) is 3.55. The summed E-state index contributed by atoms with van der Waals surface area (Å²) in [6, 6.07) is -1.53. The van der Waals surface area contributed by atoms with Crippen LogP contribution in [0.3, 0.4) is 0 Å². The molecule has 0 saturated carbocycles. The van der Waals surface area contributed by atoms with Gasteiger partial charge < -0.3 is 29.3 Å². The number of ether oxygens (including phenoxy) is 3. The highest BCUT2D eigenvalue weighted by molar-refractivity contribution is 7.47. The van der Waals surface area contributed by atoms with Gasteiger partial charge in [-0.2, -0.15) is 0 Å². The van der Waals surface area contributed by atoms with E-state index in [1.165, 1.54) is 14.3 Å². The molecule has 13 heteroatoms. The van der Waals surface area contributed by atoms with Gasteiger partial charge in [0.05, 0.1) is 26.5 Å². The first-order valence-corrected chi connectivity index (χ1v) is 8.89. The lowest BCUT2D eigenvalue weighted by atomic mass is 9.51. The Morgan fingerprint density at radius 1 is 1.29 bits per heavy atom. The van der Waals surface area contributed by atoms with E-state index in [1.807, 2.05) is 0 Å². The number of hydrogen-bond acceptors (Lipinski definition) is 8. The summed E-state index contributed by atoms with van der Waals surface area (Å²) < 4.78 is 37.3. The van der Waals surface area contributed by atoms with Gasteiger partial charge in [0, 0.05) is 26.9 Å². The van der Waals surface area contributed by atoms with Crippen LogP contribution in [0.4, 0.5) is 0 Å². The van der Waals surface area contributed by atoms with Crippen LogP contribution >= 0.6 is 7.82 Å². The molecule has 0 aliphatic carbocycles. The Morgan fingerprint density at radius 3 is 2.58 bits per heavy atom. The van der Waals surface area contributed by atoms with Crippen molar-refractivity contribution in [2.45, 2.75) is 48.9 Å². The van der Waals surface area contributed by atoms with Gasteiger partial charge >= 0.3 is 7.82 Å². The van der Waals surface area contributed by atoms with Crippen molar-refractivity contribution in [2.75, 3.05) is 20.3 Å². The predicted octanol–water partition coefficient (Wildman–Crippen LogP) is -2.35. The molecule has 0 amide bonds. The maximum Gasteiger partial charge on any atom is 0.472 e. The molecule has 0 bridgehead atoms. The molecular weight excluding hydrogens is 340 g/mol. The van der Waals surface area contributed by atoms with Crippen molar-refractivity contribution < 1.29 is 42.9 Å². The normalized spacial score (nSPS) is 42.1. The molecule has 2 aliphatic heterocycles. The van der Waals surface area contributed by atoms with Gasteiger partial charge in [-0.1, -0.05) is 0 Å². The minimum atomic E-state index is -4.56. The largest absolute Gasteiger partial charge is 0.472 e. The molecule has 8 atom stereocenters. The van der Waals surface area contributed by atoms with E-state index in [0.29, 0.717) is 0 Å². The van der Waals surface area contributed by atoms with Gasteiger partial charge in [-0.05, 0) is 6.42 Å². The molecule has 9 nitrogen and oxygen atoms in total. The highest BCUT2D eigenvalue weighted by Crippen LogP contribution is 2.47. The molecule has 2 rings (SSSR count). The quantitative estimate of drug-likeness (QED) is 0.323. The average molecular weight is 359 g/mol. The van der Waals surface area contributed by atoms with Gasteiger partial charge in [-0.25, -0.2) is 4.57 Å². The zero-order valence-corrected chi connectivity index (χ0v) is 14.0. The molecule has 0 aromatic carbocycles. The summed E-state index contributed by atoms with van der Waals surface area (Å²) >= 11 is 0. The first-order valence-electron chi connectivity index (χ1n) is 7.39. The van der Waals surface area contributed by atoms with Gasteiger partial charge in [0.25, 0.3) is 0 Å². The van der Waals surface area contributed by atoms with Crippen LogP contribution in [-0.4, -0.2) is 101 Å². The van der Waals surface area contributed by atoms with E-state index >= 15 is 0 Å². The second-order valence-corrected chi connectivity index (χ2v) is 7.03. The third kappa shape index (κ3) is 5.06. The standard InChI is InChI=1S/C11H19B3O9P/c1-19-3-7-10(9(16)11(12)22-7)23-24(17,18)20-4-6-5(15)2-8(14-13)21-6/h5-11,15-16H,2-4H2,1H3,(H,17,18)/t5-,6-,7-,8-,9?,10+,11-/m1/s1. The van der Waals surface area contributed by atoms with Crippen molar-refractivity contribution in [2.24, 2.45) is 0 Å². The van der Waals surface area contributed by atoms with Crippen LogP contribution in [0.25, 0.3) is 0 Å². The van der Waals surface area contributed by atoms with Crippen LogP contribution in [0.5, 0.6) is 0 Å². The zero-order chi connectivity index (χ0) is 17.9. The van der Waals surface area contributed by atoms with E-state index in [1.54, 1.807) is 0 Å². The lowest BCUT2D eigenvalue weighted by Gasteiger charge is -2.24. The van der Waals surface area contributed by atoms with Crippen molar-refractivity contribution in [3.8, 4) is 0 Å². The van der Waals surface area contributed by atoms with E-state index < -0.39 is 50.3 Å².